The van der Waals surface area contributed by atoms with Gasteiger partial charge in [-0.25, -0.2) is 9.97 Å². The number of thioether (sulfide) groups is 1. The third-order valence-electron chi connectivity index (χ3n) is 6.84. The molecule has 2 unspecified atom stereocenters. The number of amides is 1. The van der Waals surface area contributed by atoms with E-state index in [1.54, 1.807) is 24.3 Å². The smallest absolute Gasteiger partial charge is 0.288 e. The molecule has 1 heterocycles. The topological polar surface area (TPSA) is 54.9 Å². The molecule has 7 heteroatoms. The molecule has 3 aromatic rings. The molecule has 154 valence electrons. The summed E-state index contributed by atoms with van der Waals surface area (Å²) in [6, 6.07) is 14.3. The standard InChI is InChI=1S/C23H21F2N3OS/c1-22(2)15-11-12-23(22,19-18(15)27-16-5-3-4-6-17(16)28-19)20(29)26-13-7-9-14(10-8-13)30-21(24)25/h3-10,15,21H,11-12H2,1-2H3,(H,26,29). The monoisotopic (exact) mass is 425 g/mol. The first-order valence-electron chi connectivity index (χ1n) is 9.96. The number of nitrogens with one attached hydrogen (secondary N) is 1. The van der Waals surface area contributed by atoms with Gasteiger partial charge in [-0.05, 0) is 54.7 Å². The molecule has 2 aromatic carbocycles. The van der Waals surface area contributed by atoms with E-state index in [2.05, 4.69) is 19.2 Å². The summed E-state index contributed by atoms with van der Waals surface area (Å²) in [5.41, 5.74) is 2.87. The van der Waals surface area contributed by atoms with Gasteiger partial charge in [0.2, 0.25) is 5.91 Å². The molecule has 1 amide bonds. The highest BCUT2D eigenvalue weighted by molar-refractivity contribution is 7.99. The molecule has 4 nitrogen and oxygen atoms in total. The largest absolute Gasteiger partial charge is 0.325 e. The number of alkyl halides is 2. The SMILES string of the molecule is CC1(C)C2CCC1(C(=O)Nc1ccc(SC(F)F)cc1)c1nc3ccccc3nc12. The number of aromatic nitrogens is 2. The van der Waals surface area contributed by atoms with Gasteiger partial charge in [0, 0.05) is 16.5 Å². The van der Waals surface area contributed by atoms with E-state index in [0.29, 0.717) is 22.3 Å². The van der Waals surface area contributed by atoms with Crippen molar-refractivity contribution in [2.24, 2.45) is 5.41 Å². The summed E-state index contributed by atoms with van der Waals surface area (Å²) < 4.78 is 25.1. The van der Waals surface area contributed by atoms with Gasteiger partial charge in [-0.3, -0.25) is 4.79 Å². The quantitative estimate of drug-likeness (QED) is 0.542. The van der Waals surface area contributed by atoms with Gasteiger partial charge in [-0.1, -0.05) is 37.7 Å². The Labute approximate surface area is 177 Å². The van der Waals surface area contributed by atoms with E-state index in [9.17, 15) is 13.6 Å². The van der Waals surface area contributed by atoms with E-state index in [1.807, 2.05) is 24.3 Å². The number of carbonyl (C=O) groups excluding carboxylic acids is 1. The molecule has 1 fully saturated rings. The van der Waals surface area contributed by atoms with E-state index >= 15 is 0 Å². The van der Waals surface area contributed by atoms with Gasteiger partial charge >= 0.3 is 0 Å². The Hall–Kier alpha value is -2.54. The zero-order valence-electron chi connectivity index (χ0n) is 16.7. The lowest BCUT2D eigenvalue weighted by Crippen LogP contribution is -2.46. The summed E-state index contributed by atoms with van der Waals surface area (Å²) in [6.45, 7) is 4.25. The van der Waals surface area contributed by atoms with Crippen LogP contribution < -0.4 is 5.32 Å². The number of rotatable bonds is 4. The van der Waals surface area contributed by atoms with Gasteiger partial charge in [0.1, 0.15) is 0 Å². The first kappa shape index (κ1) is 19.4. The number of fused-ring (bicyclic) bond motifs is 6. The van der Waals surface area contributed by atoms with Gasteiger partial charge in [0.05, 0.1) is 27.8 Å². The van der Waals surface area contributed by atoms with Crippen LogP contribution in [-0.2, 0) is 10.2 Å². The molecule has 1 saturated carbocycles. The minimum Gasteiger partial charge on any atom is -0.325 e. The fraction of sp³-hybridized carbons (Fsp3) is 0.348. The maximum Gasteiger partial charge on any atom is 0.288 e. The number of hydrogen-bond donors (Lipinski definition) is 1. The molecule has 2 bridgehead atoms. The van der Waals surface area contributed by atoms with Crippen LogP contribution >= 0.6 is 11.8 Å². The highest BCUT2D eigenvalue weighted by Crippen LogP contribution is 2.67. The Bertz CT molecular complexity index is 1150. The summed E-state index contributed by atoms with van der Waals surface area (Å²) in [5, 5.41) is 3.02. The molecule has 2 aliphatic rings. The highest BCUT2D eigenvalue weighted by Gasteiger charge is 2.67. The van der Waals surface area contributed by atoms with Crippen molar-refractivity contribution in [2.45, 2.75) is 48.7 Å². The molecule has 2 aliphatic carbocycles. The first-order valence-corrected chi connectivity index (χ1v) is 10.8. The molecule has 1 N–H and O–H groups in total. The second kappa shape index (κ2) is 6.74. The third kappa shape index (κ3) is 2.68. The Morgan fingerprint density at radius 2 is 1.77 bits per heavy atom. The first-order chi connectivity index (χ1) is 14.3. The molecule has 5 rings (SSSR count). The number of hydrogen-bond acceptors (Lipinski definition) is 4. The Balaban J connectivity index is 1.53. The van der Waals surface area contributed by atoms with Crippen molar-refractivity contribution in [2.75, 3.05) is 5.32 Å². The van der Waals surface area contributed by atoms with Crippen molar-refractivity contribution in [1.82, 2.24) is 9.97 Å². The van der Waals surface area contributed by atoms with Crippen LogP contribution in [0.15, 0.2) is 53.4 Å². The zero-order valence-corrected chi connectivity index (χ0v) is 17.5. The van der Waals surface area contributed by atoms with Crippen LogP contribution in [0.5, 0.6) is 0 Å². The zero-order chi connectivity index (χ0) is 21.1. The molecular weight excluding hydrogens is 404 g/mol. The Morgan fingerprint density at radius 3 is 2.43 bits per heavy atom. The number of anilines is 1. The van der Waals surface area contributed by atoms with E-state index in [0.717, 1.165) is 35.3 Å². The summed E-state index contributed by atoms with van der Waals surface area (Å²) in [7, 11) is 0. The number of halogens is 2. The maximum atomic E-state index is 13.7. The lowest BCUT2D eigenvalue weighted by atomic mass is 9.67. The van der Waals surface area contributed by atoms with Gasteiger partial charge < -0.3 is 5.32 Å². The van der Waals surface area contributed by atoms with Crippen molar-refractivity contribution < 1.29 is 13.6 Å². The third-order valence-corrected chi connectivity index (χ3v) is 7.56. The number of benzene rings is 2. The van der Waals surface area contributed by atoms with Crippen molar-refractivity contribution in [1.29, 1.82) is 0 Å². The molecule has 0 spiro atoms. The van der Waals surface area contributed by atoms with Gasteiger partial charge in [0.25, 0.3) is 5.76 Å². The van der Waals surface area contributed by atoms with Crippen molar-refractivity contribution >= 4 is 34.4 Å². The van der Waals surface area contributed by atoms with E-state index < -0.39 is 11.2 Å². The lowest BCUT2D eigenvalue weighted by Gasteiger charge is -2.36. The van der Waals surface area contributed by atoms with Crippen LogP contribution in [0.3, 0.4) is 0 Å². The van der Waals surface area contributed by atoms with Gasteiger partial charge in [0.15, 0.2) is 0 Å². The predicted molar refractivity (Wildman–Crippen MR) is 114 cm³/mol. The molecule has 2 atom stereocenters. The maximum absolute atomic E-state index is 13.7. The number of carbonyl (C=O) groups is 1. The van der Waals surface area contributed by atoms with Crippen molar-refractivity contribution in [3.63, 3.8) is 0 Å². The molecule has 0 radical (unpaired) electrons. The summed E-state index contributed by atoms with van der Waals surface area (Å²) >= 11 is 0.489. The van der Waals surface area contributed by atoms with E-state index in [1.165, 1.54) is 0 Å². The van der Waals surface area contributed by atoms with Crippen LogP contribution in [0.25, 0.3) is 11.0 Å². The van der Waals surface area contributed by atoms with Crippen LogP contribution in [-0.4, -0.2) is 21.6 Å². The fourth-order valence-corrected chi connectivity index (χ4v) is 5.78. The number of nitrogens with zero attached hydrogens (tertiary/aromatic N) is 2. The second-order valence-electron chi connectivity index (χ2n) is 8.52. The molecule has 1 aromatic heterocycles. The number of para-hydroxylation sites is 2. The minimum atomic E-state index is -2.47. The van der Waals surface area contributed by atoms with Crippen LogP contribution in [0.1, 0.15) is 44.0 Å². The molecule has 0 saturated heterocycles. The molecule has 0 aliphatic heterocycles. The van der Waals surface area contributed by atoms with Crippen LogP contribution in [0.4, 0.5) is 14.5 Å². The molecule has 30 heavy (non-hydrogen) atoms. The van der Waals surface area contributed by atoms with Gasteiger partial charge in [-0.15, -0.1) is 0 Å². The van der Waals surface area contributed by atoms with Crippen molar-refractivity contribution in [3.05, 3.63) is 59.9 Å². The predicted octanol–water partition coefficient (Wildman–Crippen LogP) is 5.74. The fourth-order valence-electron chi connectivity index (χ4n) is 5.29. The van der Waals surface area contributed by atoms with Gasteiger partial charge in [-0.2, -0.15) is 8.78 Å². The van der Waals surface area contributed by atoms with Crippen LogP contribution in [0.2, 0.25) is 0 Å². The second-order valence-corrected chi connectivity index (χ2v) is 9.58. The summed E-state index contributed by atoms with van der Waals surface area (Å²) in [6.07, 6.45) is 1.61. The lowest BCUT2D eigenvalue weighted by molar-refractivity contribution is -0.124. The van der Waals surface area contributed by atoms with Crippen LogP contribution in [0, 0.1) is 5.41 Å². The average Bonchev–Trinajstić information content (AvgIpc) is 3.09. The highest BCUT2D eigenvalue weighted by atomic mass is 32.2. The van der Waals surface area contributed by atoms with Crippen molar-refractivity contribution in [3.8, 4) is 0 Å². The summed E-state index contributed by atoms with van der Waals surface area (Å²) in [5.74, 6) is -2.39. The minimum absolute atomic E-state index is 0.104. The summed E-state index contributed by atoms with van der Waals surface area (Å²) in [4.78, 5) is 23.9. The normalized spacial score (nSPS) is 23.7. The molecular formula is C23H21F2N3OS. The average molecular weight is 426 g/mol. The van der Waals surface area contributed by atoms with E-state index in [4.69, 9.17) is 9.97 Å². The van der Waals surface area contributed by atoms with E-state index in [-0.39, 0.29) is 17.2 Å². The Morgan fingerprint density at radius 1 is 1.10 bits per heavy atom. The Kier molecular flexibility index (Phi) is 4.36.